The van der Waals surface area contributed by atoms with Crippen LogP contribution in [0.2, 0.25) is 0 Å². The highest BCUT2D eigenvalue weighted by Gasteiger charge is 1.95. The molecule has 8 heavy (non-hydrogen) atoms. The first-order valence-corrected chi connectivity index (χ1v) is 2.32. The largest absolute Gasteiger partial charge is 0.289 e. The van der Waals surface area contributed by atoms with Gasteiger partial charge >= 0.3 is 0 Å². The zero-order valence-electron chi connectivity index (χ0n) is 4.39. The van der Waals surface area contributed by atoms with E-state index in [0.29, 0.717) is 0 Å². The quantitative estimate of drug-likeness (QED) is 0.394. The third-order valence-corrected chi connectivity index (χ3v) is 0.673. The minimum Gasteiger partial charge on any atom is -0.289 e. The number of carbonyl (C=O) groups excluding carboxylic acids is 1. The van der Waals surface area contributed by atoms with Crippen molar-refractivity contribution in [1.29, 1.82) is 0 Å². The molecule has 0 aromatic rings. The third-order valence-electron chi connectivity index (χ3n) is 0.673. The van der Waals surface area contributed by atoms with Crippen LogP contribution < -0.4 is 5.48 Å². The van der Waals surface area contributed by atoms with Crippen LogP contribution in [0.5, 0.6) is 0 Å². The minimum absolute atomic E-state index is 0.111. The van der Waals surface area contributed by atoms with Crippen LogP contribution in [0.3, 0.4) is 0 Å². The molecule has 0 heterocycles. The van der Waals surface area contributed by atoms with Gasteiger partial charge in [0.05, 0.1) is 6.61 Å². The molecule has 0 aliphatic heterocycles. The standard InChI is InChI=1S/C4H8NO3/c6-3-1-2-4(7)5-8/h8H,1-3H2,(H,5,7). The van der Waals surface area contributed by atoms with E-state index in [1.54, 1.807) is 0 Å². The summed E-state index contributed by atoms with van der Waals surface area (Å²) in [7, 11) is 0. The molecular formula is C4H8NO3. The predicted molar refractivity (Wildman–Crippen MR) is 24.7 cm³/mol. The normalized spacial score (nSPS) is 8.75. The van der Waals surface area contributed by atoms with Crippen molar-refractivity contribution in [3.05, 3.63) is 0 Å². The first-order chi connectivity index (χ1) is 3.81. The molecule has 0 aliphatic rings. The Labute approximate surface area is 47.1 Å². The molecule has 1 amide bonds. The molecule has 0 rings (SSSR count). The van der Waals surface area contributed by atoms with Crippen LogP contribution in [0.1, 0.15) is 12.8 Å². The summed E-state index contributed by atoms with van der Waals surface area (Å²) < 4.78 is 0. The number of hydrogen-bond donors (Lipinski definition) is 2. The predicted octanol–water partition coefficient (Wildman–Crippen LogP) is -0.297. The van der Waals surface area contributed by atoms with Crippen LogP contribution in [0.15, 0.2) is 0 Å². The lowest BCUT2D eigenvalue weighted by Gasteiger charge is -1.91. The number of hydrogen-bond acceptors (Lipinski definition) is 2. The summed E-state index contributed by atoms with van der Waals surface area (Å²) in [6.07, 6.45) is 0.395. The number of carbonyl (C=O) groups is 1. The maximum Gasteiger partial charge on any atom is 0.243 e. The number of rotatable bonds is 3. The van der Waals surface area contributed by atoms with Gasteiger partial charge in [0.2, 0.25) is 5.91 Å². The van der Waals surface area contributed by atoms with Crippen molar-refractivity contribution in [2.75, 3.05) is 6.61 Å². The number of hydroxylamine groups is 1. The summed E-state index contributed by atoms with van der Waals surface area (Å²) in [6, 6.07) is 0. The molecule has 0 spiro atoms. The van der Waals surface area contributed by atoms with Gasteiger partial charge in [0.1, 0.15) is 0 Å². The molecule has 0 fully saturated rings. The van der Waals surface area contributed by atoms with Crippen molar-refractivity contribution in [3.63, 3.8) is 0 Å². The Morgan fingerprint density at radius 3 is 2.62 bits per heavy atom. The van der Waals surface area contributed by atoms with Crippen LogP contribution in [0, 0.1) is 0 Å². The van der Waals surface area contributed by atoms with Crippen LogP contribution in [0.4, 0.5) is 0 Å². The van der Waals surface area contributed by atoms with Crippen LogP contribution in [-0.2, 0) is 9.90 Å². The molecule has 1 radical (unpaired) electrons. The summed E-state index contributed by atoms with van der Waals surface area (Å²) in [5, 5.41) is 17.5. The molecule has 0 saturated carbocycles. The molecule has 0 unspecified atom stereocenters. The SMILES string of the molecule is [O]CCCC(=O)NO. The van der Waals surface area contributed by atoms with E-state index >= 15 is 0 Å². The van der Waals surface area contributed by atoms with Gasteiger partial charge in [-0.1, -0.05) is 0 Å². The molecule has 0 saturated heterocycles. The molecule has 4 nitrogen and oxygen atoms in total. The van der Waals surface area contributed by atoms with Crippen LogP contribution >= 0.6 is 0 Å². The smallest absolute Gasteiger partial charge is 0.243 e. The maximum atomic E-state index is 10.1. The fourth-order valence-electron chi connectivity index (χ4n) is 0.289. The minimum atomic E-state index is -0.499. The van der Waals surface area contributed by atoms with Gasteiger partial charge in [-0.15, -0.1) is 0 Å². The van der Waals surface area contributed by atoms with Crippen LogP contribution in [0.25, 0.3) is 0 Å². The monoisotopic (exact) mass is 118 g/mol. The molecule has 0 aromatic carbocycles. The average molecular weight is 118 g/mol. The second-order valence-electron chi connectivity index (χ2n) is 1.34. The van der Waals surface area contributed by atoms with Crippen molar-refractivity contribution in [2.24, 2.45) is 0 Å². The van der Waals surface area contributed by atoms with Crippen molar-refractivity contribution >= 4 is 5.91 Å². The van der Waals surface area contributed by atoms with Gasteiger partial charge in [-0.2, -0.15) is 0 Å². The van der Waals surface area contributed by atoms with Crippen molar-refractivity contribution in [3.8, 4) is 0 Å². The van der Waals surface area contributed by atoms with E-state index in [1.165, 1.54) is 5.48 Å². The van der Waals surface area contributed by atoms with Gasteiger partial charge in [0.25, 0.3) is 0 Å². The van der Waals surface area contributed by atoms with Crippen LogP contribution in [-0.4, -0.2) is 17.7 Å². The Balaban J connectivity index is 2.99. The molecule has 0 bridgehead atoms. The van der Waals surface area contributed by atoms with Crippen molar-refractivity contribution < 1.29 is 15.1 Å². The van der Waals surface area contributed by atoms with E-state index in [1.807, 2.05) is 0 Å². The van der Waals surface area contributed by atoms with E-state index in [-0.39, 0.29) is 19.4 Å². The lowest BCUT2D eigenvalue weighted by molar-refractivity contribution is -0.129. The topological polar surface area (TPSA) is 69.2 Å². The number of nitrogens with one attached hydrogen (secondary N) is 1. The summed E-state index contributed by atoms with van der Waals surface area (Å²) in [5.74, 6) is -0.499. The van der Waals surface area contributed by atoms with E-state index in [4.69, 9.17) is 5.21 Å². The lowest BCUT2D eigenvalue weighted by Crippen LogP contribution is -2.18. The van der Waals surface area contributed by atoms with Gasteiger partial charge in [-0.05, 0) is 6.42 Å². The molecule has 47 valence electrons. The van der Waals surface area contributed by atoms with E-state index in [9.17, 15) is 9.90 Å². The molecule has 0 aromatic heterocycles. The Hall–Kier alpha value is -0.610. The zero-order valence-corrected chi connectivity index (χ0v) is 4.39. The molecular weight excluding hydrogens is 110 g/mol. The highest BCUT2D eigenvalue weighted by molar-refractivity contribution is 5.74. The summed E-state index contributed by atoms with van der Waals surface area (Å²) in [5.41, 5.74) is 1.42. The Bertz CT molecular complexity index is 73.7. The van der Waals surface area contributed by atoms with Gasteiger partial charge in [0.15, 0.2) is 0 Å². The van der Waals surface area contributed by atoms with E-state index in [2.05, 4.69) is 0 Å². The highest BCUT2D eigenvalue weighted by Crippen LogP contribution is 1.84. The lowest BCUT2D eigenvalue weighted by atomic mass is 10.3. The van der Waals surface area contributed by atoms with Crippen molar-refractivity contribution in [2.45, 2.75) is 12.8 Å². The second kappa shape index (κ2) is 4.55. The zero-order chi connectivity index (χ0) is 6.41. The Kier molecular flexibility index (Phi) is 4.20. The fraction of sp³-hybridized carbons (Fsp3) is 0.750. The highest BCUT2D eigenvalue weighted by atomic mass is 16.5. The van der Waals surface area contributed by atoms with Crippen molar-refractivity contribution in [1.82, 2.24) is 5.48 Å². The summed E-state index contributed by atoms with van der Waals surface area (Å²) >= 11 is 0. The van der Waals surface area contributed by atoms with Gasteiger partial charge in [0, 0.05) is 6.42 Å². The van der Waals surface area contributed by atoms with E-state index in [0.717, 1.165) is 0 Å². The summed E-state index contributed by atoms with van der Waals surface area (Å²) in [4.78, 5) is 10.1. The number of amides is 1. The molecule has 4 heteroatoms. The molecule has 0 aliphatic carbocycles. The fourth-order valence-corrected chi connectivity index (χ4v) is 0.289. The average Bonchev–Trinajstić information content (AvgIpc) is 1.83. The first-order valence-electron chi connectivity index (χ1n) is 2.32. The van der Waals surface area contributed by atoms with Gasteiger partial charge in [-0.25, -0.2) is 10.6 Å². The Morgan fingerprint density at radius 2 is 2.25 bits per heavy atom. The molecule has 0 atom stereocenters. The molecule has 2 N–H and O–H groups in total. The van der Waals surface area contributed by atoms with E-state index < -0.39 is 5.91 Å². The maximum absolute atomic E-state index is 10.1. The van der Waals surface area contributed by atoms with Gasteiger partial charge in [-0.3, -0.25) is 10.0 Å². The summed E-state index contributed by atoms with van der Waals surface area (Å²) in [6.45, 7) is -0.270. The second-order valence-corrected chi connectivity index (χ2v) is 1.34. The van der Waals surface area contributed by atoms with Gasteiger partial charge < -0.3 is 0 Å². The Morgan fingerprint density at radius 1 is 1.62 bits per heavy atom. The first kappa shape index (κ1) is 7.39. The third kappa shape index (κ3) is 3.58.